The van der Waals surface area contributed by atoms with Crippen molar-refractivity contribution in [1.29, 1.82) is 0 Å². The Bertz CT molecular complexity index is 1000. The Morgan fingerprint density at radius 2 is 2.16 bits per heavy atom. The van der Waals surface area contributed by atoms with Gasteiger partial charge in [0.25, 0.3) is 11.5 Å². The topological polar surface area (TPSA) is 81.2 Å². The zero-order valence-electron chi connectivity index (χ0n) is 14.1. The molecule has 3 aromatic rings. The number of carbonyl (C=O) groups is 1. The first-order chi connectivity index (χ1) is 12.0. The van der Waals surface area contributed by atoms with Gasteiger partial charge in [0.15, 0.2) is 0 Å². The fourth-order valence-corrected chi connectivity index (χ4v) is 3.77. The molecular weight excluding hydrogens is 340 g/mol. The molecule has 25 heavy (non-hydrogen) atoms. The van der Waals surface area contributed by atoms with Crippen LogP contribution in [-0.4, -0.2) is 38.6 Å². The molecule has 1 amide bonds. The van der Waals surface area contributed by atoms with E-state index >= 15 is 0 Å². The van der Waals surface area contributed by atoms with Gasteiger partial charge in [-0.25, -0.2) is 4.98 Å². The average molecular weight is 358 g/mol. The van der Waals surface area contributed by atoms with Crippen LogP contribution >= 0.6 is 11.3 Å². The van der Waals surface area contributed by atoms with Gasteiger partial charge in [-0.1, -0.05) is 19.0 Å². The molecule has 4 heterocycles. The molecule has 130 valence electrons. The summed E-state index contributed by atoms with van der Waals surface area (Å²) in [6.07, 6.45) is 0.542. The van der Waals surface area contributed by atoms with Crippen molar-refractivity contribution < 1.29 is 9.32 Å². The Hall–Kier alpha value is -2.48. The first-order valence-corrected chi connectivity index (χ1v) is 9.15. The molecule has 3 aromatic heterocycles. The Morgan fingerprint density at radius 1 is 1.32 bits per heavy atom. The zero-order chi connectivity index (χ0) is 17.6. The van der Waals surface area contributed by atoms with Crippen LogP contribution < -0.4 is 5.56 Å². The van der Waals surface area contributed by atoms with Gasteiger partial charge in [0, 0.05) is 32.1 Å². The highest BCUT2D eigenvalue weighted by Gasteiger charge is 2.25. The first-order valence-electron chi connectivity index (χ1n) is 8.27. The van der Waals surface area contributed by atoms with Crippen molar-refractivity contribution in [1.82, 2.24) is 19.6 Å². The number of nitrogens with zero attached hydrogens (tertiary/aromatic N) is 4. The summed E-state index contributed by atoms with van der Waals surface area (Å²) in [4.78, 5) is 32.4. The van der Waals surface area contributed by atoms with E-state index in [9.17, 15) is 9.59 Å². The van der Waals surface area contributed by atoms with Crippen molar-refractivity contribution in [2.45, 2.75) is 32.7 Å². The van der Waals surface area contributed by atoms with E-state index in [1.807, 2.05) is 19.2 Å². The van der Waals surface area contributed by atoms with Crippen LogP contribution in [0, 0.1) is 0 Å². The summed E-state index contributed by atoms with van der Waals surface area (Å²) < 4.78 is 6.89. The van der Waals surface area contributed by atoms with Gasteiger partial charge in [0.05, 0.1) is 11.1 Å². The molecule has 8 heteroatoms. The summed E-state index contributed by atoms with van der Waals surface area (Å²) in [6.45, 7) is 5.38. The minimum Gasteiger partial charge on any atom is -0.351 e. The molecule has 1 aliphatic rings. The average Bonchev–Trinajstić information content (AvgIpc) is 3.20. The van der Waals surface area contributed by atoms with Gasteiger partial charge in [0.2, 0.25) is 5.76 Å². The number of aromatic nitrogens is 3. The van der Waals surface area contributed by atoms with Gasteiger partial charge in [-0.2, -0.15) is 0 Å². The van der Waals surface area contributed by atoms with Crippen molar-refractivity contribution >= 4 is 27.5 Å². The maximum Gasteiger partial charge on any atom is 0.292 e. The summed E-state index contributed by atoms with van der Waals surface area (Å²) in [5.74, 6) is 0.989. The summed E-state index contributed by atoms with van der Waals surface area (Å²) >= 11 is 1.46. The van der Waals surface area contributed by atoms with Gasteiger partial charge in [-0.15, -0.1) is 11.3 Å². The third-order valence-electron chi connectivity index (χ3n) is 4.48. The van der Waals surface area contributed by atoms with Crippen molar-refractivity contribution in [3.8, 4) is 0 Å². The molecule has 0 unspecified atom stereocenters. The molecule has 7 nitrogen and oxygen atoms in total. The lowest BCUT2D eigenvalue weighted by atomic mass is 10.1. The second-order valence-corrected chi connectivity index (χ2v) is 7.33. The van der Waals surface area contributed by atoms with Gasteiger partial charge in [0.1, 0.15) is 10.7 Å². The molecule has 0 bridgehead atoms. The van der Waals surface area contributed by atoms with Gasteiger partial charge in [-0.3, -0.25) is 14.2 Å². The Balaban J connectivity index is 1.60. The standard InChI is InChI=1S/C17H18N4O3S/c1-10(2)12-9-13(24-19-12)17(23)20-5-3-14-18-15-11(4-8-25-15)16(22)21(14)7-6-20/h4,8-10H,3,5-7H2,1-2H3. The molecule has 4 rings (SSSR count). The van der Waals surface area contributed by atoms with E-state index in [0.717, 1.165) is 16.3 Å². The van der Waals surface area contributed by atoms with Gasteiger partial charge < -0.3 is 9.42 Å². The van der Waals surface area contributed by atoms with Crippen LogP contribution in [0.4, 0.5) is 0 Å². The highest BCUT2D eigenvalue weighted by atomic mass is 32.1. The smallest absolute Gasteiger partial charge is 0.292 e. The normalized spacial score (nSPS) is 14.8. The van der Waals surface area contributed by atoms with E-state index in [-0.39, 0.29) is 23.1 Å². The van der Waals surface area contributed by atoms with Crippen molar-refractivity contribution in [2.75, 3.05) is 13.1 Å². The highest BCUT2D eigenvalue weighted by Crippen LogP contribution is 2.19. The molecular formula is C17H18N4O3S. The second kappa shape index (κ2) is 6.11. The number of rotatable bonds is 2. The third kappa shape index (κ3) is 2.76. The maximum atomic E-state index is 12.7. The van der Waals surface area contributed by atoms with Crippen LogP contribution in [0.5, 0.6) is 0 Å². The van der Waals surface area contributed by atoms with Crippen LogP contribution in [-0.2, 0) is 13.0 Å². The molecule has 0 N–H and O–H groups in total. The molecule has 0 spiro atoms. The molecule has 0 saturated carbocycles. The molecule has 0 aromatic carbocycles. The Kier molecular flexibility index (Phi) is 3.91. The highest BCUT2D eigenvalue weighted by molar-refractivity contribution is 7.16. The number of hydrogen-bond donors (Lipinski definition) is 0. The summed E-state index contributed by atoms with van der Waals surface area (Å²) in [5, 5.41) is 6.47. The van der Waals surface area contributed by atoms with Crippen LogP contribution in [0.15, 0.2) is 26.8 Å². The van der Waals surface area contributed by atoms with Gasteiger partial charge >= 0.3 is 0 Å². The van der Waals surface area contributed by atoms with E-state index in [1.165, 1.54) is 11.3 Å². The minimum atomic E-state index is -0.193. The summed E-state index contributed by atoms with van der Waals surface area (Å²) in [6, 6.07) is 3.50. The summed E-state index contributed by atoms with van der Waals surface area (Å²) in [5.41, 5.74) is 0.733. The zero-order valence-corrected chi connectivity index (χ0v) is 14.9. The van der Waals surface area contributed by atoms with E-state index in [2.05, 4.69) is 10.1 Å². The van der Waals surface area contributed by atoms with Crippen LogP contribution in [0.3, 0.4) is 0 Å². The van der Waals surface area contributed by atoms with E-state index in [0.29, 0.717) is 31.4 Å². The molecule has 1 aliphatic heterocycles. The fraction of sp³-hybridized carbons (Fsp3) is 0.412. The lowest BCUT2D eigenvalue weighted by molar-refractivity contribution is 0.0717. The minimum absolute atomic E-state index is 0.0303. The lowest BCUT2D eigenvalue weighted by Gasteiger charge is -2.17. The first kappa shape index (κ1) is 16.0. The monoisotopic (exact) mass is 358 g/mol. The second-order valence-electron chi connectivity index (χ2n) is 6.44. The fourth-order valence-electron chi connectivity index (χ4n) is 3.00. The molecule has 0 atom stereocenters. The number of hydrogen-bond acceptors (Lipinski definition) is 6. The van der Waals surface area contributed by atoms with E-state index < -0.39 is 0 Å². The largest absolute Gasteiger partial charge is 0.351 e. The number of thiophene rings is 1. The number of fused-ring (bicyclic) bond motifs is 2. The van der Waals surface area contributed by atoms with Crippen molar-refractivity contribution in [3.63, 3.8) is 0 Å². The van der Waals surface area contributed by atoms with E-state index in [1.54, 1.807) is 21.6 Å². The predicted octanol–water partition coefficient (Wildman–Crippen LogP) is 2.27. The quantitative estimate of drug-likeness (QED) is 0.702. The predicted molar refractivity (Wildman–Crippen MR) is 94.1 cm³/mol. The van der Waals surface area contributed by atoms with Crippen LogP contribution in [0.25, 0.3) is 10.2 Å². The van der Waals surface area contributed by atoms with Gasteiger partial charge in [-0.05, 0) is 17.4 Å². The SMILES string of the molecule is CC(C)c1cc(C(=O)N2CCc3nc4sccc4c(=O)n3CC2)on1. The maximum absolute atomic E-state index is 12.7. The lowest BCUT2D eigenvalue weighted by Crippen LogP contribution is -2.34. The van der Waals surface area contributed by atoms with Crippen LogP contribution in [0.1, 0.15) is 41.8 Å². The summed E-state index contributed by atoms with van der Waals surface area (Å²) in [7, 11) is 0. The van der Waals surface area contributed by atoms with Crippen LogP contribution in [0.2, 0.25) is 0 Å². The number of carbonyl (C=O) groups excluding carboxylic acids is 1. The number of amides is 1. The Morgan fingerprint density at radius 3 is 2.92 bits per heavy atom. The van der Waals surface area contributed by atoms with Crippen molar-refractivity contribution in [2.24, 2.45) is 0 Å². The van der Waals surface area contributed by atoms with Crippen molar-refractivity contribution in [3.05, 3.63) is 45.1 Å². The third-order valence-corrected chi connectivity index (χ3v) is 5.29. The molecule has 0 aliphatic carbocycles. The van der Waals surface area contributed by atoms with E-state index in [4.69, 9.17) is 4.52 Å². The molecule has 0 saturated heterocycles. The molecule has 0 radical (unpaired) electrons. The Labute approximate surface area is 147 Å². The molecule has 0 fully saturated rings.